The lowest BCUT2D eigenvalue weighted by Gasteiger charge is -2.21. The van der Waals surface area contributed by atoms with E-state index in [2.05, 4.69) is 34.1 Å². The van der Waals surface area contributed by atoms with Crippen molar-refractivity contribution in [3.8, 4) is 0 Å². The Balaban J connectivity index is 1.82. The van der Waals surface area contributed by atoms with Crippen molar-refractivity contribution in [3.05, 3.63) is 53.6 Å². The zero-order valence-corrected chi connectivity index (χ0v) is 19.6. The van der Waals surface area contributed by atoms with Crippen LogP contribution in [-0.2, 0) is 19.9 Å². The molecule has 2 atom stereocenters. The standard InChI is InChI=1S/C18H20ClN5O5S3/c19-12-2-1-3-15(9-12)21-18(31)23-22-16(26)8-11(10-25)17(30)20-13-4-6-14(7-5-13)24-32(27,28)29/h1-7,9-11,17,20,24,30H,8H2,(H,22,26)(H2,21,23,31)(H,27,28,29). The number of carbonyl (C=O) groups is 2. The Bertz CT molecular complexity index is 1070. The highest BCUT2D eigenvalue weighted by Gasteiger charge is 2.21. The third-order valence-electron chi connectivity index (χ3n) is 3.85. The molecule has 14 heteroatoms. The second kappa shape index (κ2) is 11.9. The van der Waals surface area contributed by atoms with E-state index < -0.39 is 27.5 Å². The third kappa shape index (κ3) is 9.28. The van der Waals surface area contributed by atoms with E-state index in [1.807, 2.05) is 4.72 Å². The van der Waals surface area contributed by atoms with Crippen molar-refractivity contribution >= 4 is 81.1 Å². The molecule has 0 heterocycles. The average molecular weight is 518 g/mol. The Labute approximate surface area is 200 Å². The molecule has 0 fully saturated rings. The summed E-state index contributed by atoms with van der Waals surface area (Å²) >= 11 is 15.3. The van der Waals surface area contributed by atoms with Crippen LogP contribution in [0.5, 0.6) is 0 Å². The fraction of sp³-hybridized carbons (Fsp3) is 0.167. The minimum Gasteiger partial charge on any atom is -0.373 e. The van der Waals surface area contributed by atoms with E-state index in [1.165, 1.54) is 24.3 Å². The van der Waals surface area contributed by atoms with Crippen molar-refractivity contribution in [2.45, 2.75) is 11.8 Å². The Morgan fingerprint density at radius 3 is 2.38 bits per heavy atom. The molecule has 2 rings (SSSR count). The maximum atomic E-state index is 12.2. The molecule has 0 aliphatic heterocycles. The van der Waals surface area contributed by atoms with Crippen LogP contribution >= 0.6 is 36.4 Å². The van der Waals surface area contributed by atoms with Crippen LogP contribution in [0.3, 0.4) is 0 Å². The summed E-state index contributed by atoms with van der Waals surface area (Å²) in [5.74, 6) is -1.28. The van der Waals surface area contributed by atoms with Gasteiger partial charge in [-0.3, -0.25) is 24.9 Å². The number of carbonyl (C=O) groups excluding carboxylic acids is 2. The van der Waals surface area contributed by atoms with Crippen LogP contribution < -0.4 is 26.2 Å². The molecule has 0 bridgehead atoms. The maximum absolute atomic E-state index is 12.2. The quantitative estimate of drug-likeness (QED) is 0.0664. The maximum Gasteiger partial charge on any atom is 0.357 e. The van der Waals surface area contributed by atoms with E-state index in [0.29, 0.717) is 22.7 Å². The van der Waals surface area contributed by atoms with Gasteiger partial charge in [0.1, 0.15) is 6.29 Å². The molecule has 172 valence electrons. The molecule has 32 heavy (non-hydrogen) atoms. The summed E-state index contributed by atoms with van der Waals surface area (Å²) in [6.45, 7) is 0. The first kappa shape index (κ1) is 25.7. The number of hydrogen-bond acceptors (Lipinski definition) is 7. The van der Waals surface area contributed by atoms with E-state index in [9.17, 15) is 18.0 Å². The van der Waals surface area contributed by atoms with Gasteiger partial charge in [-0.2, -0.15) is 21.0 Å². The summed E-state index contributed by atoms with van der Waals surface area (Å²) in [6, 6.07) is 12.7. The summed E-state index contributed by atoms with van der Waals surface area (Å²) in [5, 5.41) is 5.71. The molecule has 10 nitrogen and oxygen atoms in total. The number of thiocarbonyl (C=S) groups is 1. The van der Waals surface area contributed by atoms with Gasteiger partial charge in [0.05, 0.1) is 17.0 Å². The predicted molar refractivity (Wildman–Crippen MR) is 131 cm³/mol. The monoisotopic (exact) mass is 517 g/mol. The molecular weight excluding hydrogens is 498 g/mol. The first-order chi connectivity index (χ1) is 15.1. The van der Waals surface area contributed by atoms with Crippen molar-refractivity contribution in [2.24, 2.45) is 5.92 Å². The molecule has 0 aliphatic rings. The highest BCUT2D eigenvalue weighted by Crippen LogP contribution is 2.20. The van der Waals surface area contributed by atoms with Gasteiger partial charge in [-0.15, -0.1) is 0 Å². The number of hydrazine groups is 1. The van der Waals surface area contributed by atoms with E-state index in [4.69, 9.17) is 28.4 Å². The van der Waals surface area contributed by atoms with Gasteiger partial charge < -0.3 is 15.4 Å². The molecule has 0 radical (unpaired) electrons. The van der Waals surface area contributed by atoms with E-state index >= 15 is 0 Å². The Hall–Kier alpha value is -2.58. The fourth-order valence-corrected chi connectivity index (χ4v) is 3.53. The van der Waals surface area contributed by atoms with Crippen molar-refractivity contribution in [3.63, 3.8) is 0 Å². The lowest BCUT2D eigenvalue weighted by atomic mass is 10.1. The number of rotatable bonds is 9. The van der Waals surface area contributed by atoms with E-state index in [0.717, 1.165) is 0 Å². The summed E-state index contributed by atoms with van der Waals surface area (Å²) < 4.78 is 32.3. The number of benzene rings is 2. The minimum absolute atomic E-state index is 0.127. The van der Waals surface area contributed by atoms with Gasteiger partial charge in [-0.05, 0) is 54.7 Å². The fourth-order valence-electron chi connectivity index (χ4n) is 2.42. The van der Waals surface area contributed by atoms with Crippen LogP contribution in [0, 0.1) is 5.92 Å². The zero-order valence-electron chi connectivity index (χ0n) is 16.3. The number of halogens is 1. The SMILES string of the molecule is O=CC(CC(=O)NNC(=S)Nc1cccc(Cl)c1)C(S)Nc1ccc(NS(=O)(=O)O)cc1. The third-order valence-corrected chi connectivity index (χ3v) is 5.29. The van der Waals surface area contributed by atoms with Crippen molar-refractivity contribution in [2.75, 3.05) is 15.4 Å². The Morgan fingerprint density at radius 1 is 1.12 bits per heavy atom. The molecule has 0 aliphatic carbocycles. The van der Waals surface area contributed by atoms with E-state index in [1.54, 1.807) is 24.3 Å². The summed E-state index contributed by atoms with van der Waals surface area (Å²) in [7, 11) is -4.38. The molecule has 0 aromatic heterocycles. The summed E-state index contributed by atoms with van der Waals surface area (Å²) in [4.78, 5) is 23.6. The molecular formula is C18H20ClN5O5S3. The van der Waals surface area contributed by atoms with Gasteiger partial charge in [0.15, 0.2) is 5.11 Å². The van der Waals surface area contributed by atoms with Gasteiger partial charge in [-0.25, -0.2) is 0 Å². The van der Waals surface area contributed by atoms with Gasteiger partial charge in [0.25, 0.3) is 0 Å². The Morgan fingerprint density at radius 2 is 1.78 bits per heavy atom. The molecule has 2 aromatic carbocycles. The molecule has 1 amide bonds. The number of thiol groups is 1. The topological polar surface area (TPSA) is 149 Å². The highest BCUT2D eigenvalue weighted by atomic mass is 35.5. The second-order valence-corrected chi connectivity index (χ2v) is 8.94. The van der Waals surface area contributed by atoms with Crippen LogP contribution in [0.25, 0.3) is 0 Å². The van der Waals surface area contributed by atoms with Gasteiger partial charge in [0, 0.05) is 22.8 Å². The molecule has 2 unspecified atom stereocenters. The van der Waals surface area contributed by atoms with Crippen LogP contribution in [0.2, 0.25) is 5.02 Å². The minimum atomic E-state index is -4.38. The number of anilines is 3. The van der Waals surface area contributed by atoms with Gasteiger partial charge in [0.2, 0.25) is 5.91 Å². The summed E-state index contributed by atoms with van der Waals surface area (Å²) in [5.41, 5.74) is 6.22. The molecule has 0 spiro atoms. The smallest absolute Gasteiger partial charge is 0.357 e. The Kier molecular flexibility index (Phi) is 9.53. The van der Waals surface area contributed by atoms with Gasteiger partial charge >= 0.3 is 10.3 Å². The van der Waals surface area contributed by atoms with Crippen molar-refractivity contribution < 1.29 is 22.6 Å². The van der Waals surface area contributed by atoms with Crippen LogP contribution in [0.4, 0.5) is 17.1 Å². The van der Waals surface area contributed by atoms with Crippen molar-refractivity contribution in [1.29, 1.82) is 0 Å². The van der Waals surface area contributed by atoms with Crippen LogP contribution in [-0.4, -0.2) is 35.7 Å². The van der Waals surface area contributed by atoms with Gasteiger partial charge in [-0.1, -0.05) is 17.7 Å². The molecule has 0 saturated heterocycles. The largest absolute Gasteiger partial charge is 0.373 e. The lowest BCUT2D eigenvalue weighted by molar-refractivity contribution is -0.124. The highest BCUT2D eigenvalue weighted by molar-refractivity contribution is 7.87. The first-order valence-electron chi connectivity index (χ1n) is 8.92. The molecule has 6 N–H and O–H groups in total. The summed E-state index contributed by atoms with van der Waals surface area (Å²) in [6.07, 6.45) is 0.418. The number of hydrogen-bond donors (Lipinski definition) is 7. The van der Waals surface area contributed by atoms with E-state index in [-0.39, 0.29) is 17.2 Å². The zero-order chi connectivity index (χ0) is 23.7. The van der Waals surface area contributed by atoms with Crippen molar-refractivity contribution in [1.82, 2.24) is 10.9 Å². The molecule has 2 aromatic rings. The number of aldehydes is 1. The predicted octanol–water partition coefficient (Wildman–Crippen LogP) is 2.45. The number of amides is 1. The second-order valence-electron chi connectivity index (χ2n) is 6.39. The first-order valence-corrected chi connectivity index (χ1v) is 11.7. The average Bonchev–Trinajstić information content (AvgIpc) is 2.71. The van der Waals surface area contributed by atoms with Crippen LogP contribution in [0.15, 0.2) is 48.5 Å². The normalized spacial score (nSPS) is 12.7. The lowest BCUT2D eigenvalue weighted by Crippen LogP contribution is -2.45. The number of nitrogens with one attached hydrogen (secondary N) is 5. The molecule has 0 saturated carbocycles. The van der Waals surface area contributed by atoms with Crippen LogP contribution in [0.1, 0.15) is 6.42 Å².